The molecule has 3 nitrogen and oxygen atoms in total. The standard InChI is InChI=1S/C34H58N3P3Si3/c1-22-19-25(32(4,5)6)35-38-28(22)41(13,14)31(42(15,16)29-23(2)20-26(36-39-29)33(7,8)9)43(17,18)30-24(3)21-27(37-40-30)34(10,11)12/h19-21,31H,1-18H3. The van der Waals surface area contributed by atoms with Gasteiger partial charge in [0.1, 0.15) is 0 Å². The molecule has 0 aliphatic rings. The molecule has 0 bridgehead atoms. The van der Waals surface area contributed by atoms with Gasteiger partial charge in [0.2, 0.25) is 0 Å². The number of aryl methyl sites for hydroxylation is 3. The van der Waals surface area contributed by atoms with E-state index in [4.69, 9.17) is 14.2 Å². The molecule has 9 heteroatoms. The summed E-state index contributed by atoms with van der Waals surface area (Å²) in [5.41, 5.74) is 8.30. The van der Waals surface area contributed by atoms with Crippen molar-refractivity contribution in [1.29, 1.82) is 0 Å². The third-order valence-corrected chi connectivity index (χ3v) is 40.1. The van der Waals surface area contributed by atoms with Crippen LogP contribution in [0.15, 0.2) is 18.2 Å². The molecule has 0 unspecified atom stereocenters. The van der Waals surface area contributed by atoms with Crippen molar-refractivity contribution in [1.82, 2.24) is 14.2 Å². The predicted octanol–water partition coefficient (Wildman–Crippen LogP) is 10.0. The largest absolute Gasteiger partial charge is 0.232 e. The lowest BCUT2D eigenvalue weighted by molar-refractivity contribution is 0.574. The van der Waals surface area contributed by atoms with E-state index in [1.165, 1.54) is 58.8 Å². The SMILES string of the molecule is Cc1cc(C(C)(C)C)npc1[Si](C)(C)C([Si](C)(C)c1pnc(C(C)(C)C)cc1C)[Si](C)(C)c1pnc(C(C)(C)C)cc1C. The van der Waals surface area contributed by atoms with Crippen LogP contribution in [0.1, 0.15) is 96.1 Å². The van der Waals surface area contributed by atoms with E-state index in [0.29, 0.717) is 4.79 Å². The fourth-order valence-corrected chi connectivity index (χ4v) is 45.2. The maximum Gasteiger partial charge on any atom is 0.0874 e. The Morgan fingerprint density at radius 3 is 0.837 bits per heavy atom. The molecule has 3 rings (SSSR count). The molecule has 0 saturated heterocycles. The zero-order chi connectivity index (χ0) is 33.1. The van der Waals surface area contributed by atoms with Gasteiger partial charge in [0.05, 0.1) is 41.3 Å². The van der Waals surface area contributed by atoms with Crippen LogP contribution in [-0.4, -0.2) is 38.5 Å². The molecule has 0 aromatic carbocycles. The van der Waals surface area contributed by atoms with Crippen molar-refractivity contribution in [2.45, 2.75) is 143 Å². The third-order valence-electron chi connectivity index (χ3n) is 9.25. The molecule has 0 N–H and O–H groups in total. The second kappa shape index (κ2) is 12.2. The zero-order valence-electron chi connectivity index (χ0n) is 30.5. The lowest BCUT2D eigenvalue weighted by Crippen LogP contribution is -2.70. The van der Waals surface area contributed by atoms with Gasteiger partial charge in [0.15, 0.2) is 0 Å². The Morgan fingerprint density at radius 2 is 0.674 bits per heavy atom. The van der Waals surface area contributed by atoms with Crippen molar-refractivity contribution in [3.05, 3.63) is 52.0 Å². The van der Waals surface area contributed by atoms with Gasteiger partial charge in [-0.2, -0.15) is 0 Å². The molecular weight excluding hydrogens is 628 g/mol. The van der Waals surface area contributed by atoms with E-state index in [9.17, 15) is 0 Å². The van der Waals surface area contributed by atoms with Crippen LogP contribution >= 0.6 is 25.1 Å². The van der Waals surface area contributed by atoms with Gasteiger partial charge < -0.3 is 0 Å². The first-order valence-corrected chi connectivity index (χ1v) is 27.6. The highest BCUT2D eigenvalue weighted by molar-refractivity contribution is 7.46. The van der Waals surface area contributed by atoms with Gasteiger partial charge >= 0.3 is 0 Å². The van der Waals surface area contributed by atoms with E-state index in [2.05, 4.69) is 141 Å². The summed E-state index contributed by atoms with van der Waals surface area (Å²) < 4.78 is 15.7. The van der Waals surface area contributed by atoms with Gasteiger partial charge in [-0.25, -0.2) is 14.2 Å². The normalized spacial score (nSPS) is 15.2. The minimum Gasteiger partial charge on any atom is -0.232 e. The second-order valence-corrected chi connectivity index (χ2v) is 36.7. The summed E-state index contributed by atoms with van der Waals surface area (Å²) in [6.07, 6.45) is 0. The minimum absolute atomic E-state index is 0.0654. The van der Waals surface area contributed by atoms with Crippen LogP contribution in [0, 0.1) is 20.8 Å². The highest BCUT2D eigenvalue weighted by Crippen LogP contribution is 2.44. The Bertz CT molecular complexity index is 1320. The van der Waals surface area contributed by atoms with E-state index in [1.54, 1.807) is 14.8 Å². The Hall–Kier alpha value is -0.609. The molecule has 0 aliphatic heterocycles. The summed E-state index contributed by atoms with van der Waals surface area (Å²) in [7, 11) is -2.58. The van der Waals surface area contributed by atoms with E-state index >= 15 is 0 Å². The highest BCUT2D eigenvalue weighted by Gasteiger charge is 2.56. The van der Waals surface area contributed by atoms with Crippen molar-refractivity contribution in [2.75, 3.05) is 0 Å². The maximum absolute atomic E-state index is 5.23. The molecular formula is C34H58N3P3Si3. The number of nitrogens with zero attached hydrogens (tertiary/aromatic N) is 3. The fraction of sp³-hybridized carbons (Fsp3) is 0.647. The van der Waals surface area contributed by atoms with Crippen molar-refractivity contribution in [2.24, 2.45) is 0 Å². The maximum atomic E-state index is 5.23. The summed E-state index contributed by atoms with van der Waals surface area (Å²) in [6, 6.07) is 7.23. The van der Waals surface area contributed by atoms with Gasteiger partial charge in [-0.1, -0.05) is 102 Å². The zero-order valence-corrected chi connectivity index (χ0v) is 36.2. The quantitative estimate of drug-likeness (QED) is 0.243. The predicted molar refractivity (Wildman–Crippen MR) is 206 cm³/mol. The number of hydrogen-bond acceptors (Lipinski definition) is 3. The Balaban J connectivity index is 2.36. The first-order valence-electron chi connectivity index (χ1n) is 15.8. The first-order chi connectivity index (χ1) is 19.2. The molecule has 236 valence electrons. The van der Waals surface area contributed by atoms with Crippen molar-refractivity contribution in [3.63, 3.8) is 0 Å². The number of aromatic nitrogens is 3. The highest BCUT2D eigenvalue weighted by atomic mass is 31.1. The second-order valence-electron chi connectivity index (χ2n) is 17.6. The molecule has 0 aliphatic carbocycles. The molecule has 0 radical (unpaired) electrons. The molecule has 0 spiro atoms. The van der Waals surface area contributed by atoms with Gasteiger partial charge in [0, 0.05) is 41.3 Å². The van der Waals surface area contributed by atoms with E-state index in [-0.39, 0.29) is 16.2 Å². The van der Waals surface area contributed by atoms with Crippen LogP contribution in [0.5, 0.6) is 0 Å². The monoisotopic (exact) mass is 685 g/mol. The molecule has 0 amide bonds. The lowest BCUT2D eigenvalue weighted by Gasteiger charge is -2.51. The molecule has 43 heavy (non-hydrogen) atoms. The van der Waals surface area contributed by atoms with Crippen LogP contribution in [0.4, 0.5) is 0 Å². The van der Waals surface area contributed by atoms with Crippen molar-refractivity contribution in [3.8, 4) is 0 Å². The first kappa shape index (κ1) is 36.9. The minimum atomic E-state index is -2.04. The van der Waals surface area contributed by atoms with Gasteiger partial charge in [-0.05, 0) is 75.2 Å². The Morgan fingerprint density at radius 1 is 0.465 bits per heavy atom. The topological polar surface area (TPSA) is 38.7 Å². The number of rotatable bonds is 6. The number of hydrogen-bond donors (Lipinski definition) is 0. The molecule has 0 saturated carbocycles. The van der Waals surface area contributed by atoms with E-state index in [1.807, 2.05) is 0 Å². The fourth-order valence-electron chi connectivity index (χ4n) is 7.58. The third kappa shape index (κ3) is 7.52. The van der Waals surface area contributed by atoms with Crippen LogP contribution in [0.2, 0.25) is 44.1 Å². The summed E-state index contributed by atoms with van der Waals surface area (Å²) in [4.78, 5) is 5.57. The van der Waals surface area contributed by atoms with Crippen molar-refractivity contribution < 1.29 is 0 Å². The van der Waals surface area contributed by atoms with Crippen LogP contribution in [-0.2, 0) is 16.2 Å². The van der Waals surface area contributed by atoms with Gasteiger partial charge in [0.25, 0.3) is 0 Å². The van der Waals surface area contributed by atoms with E-state index in [0.717, 1.165) is 0 Å². The lowest BCUT2D eigenvalue weighted by atomic mass is 9.92. The average molecular weight is 686 g/mol. The average Bonchev–Trinajstić information content (AvgIpc) is 2.81. The summed E-state index contributed by atoms with van der Waals surface area (Å²) in [6.45, 7) is 43.8. The summed E-state index contributed by atoms with van der Waals surface area (Å²) in [5, 5.41) is 0. The molecule has 0 atom stereocenters. The van der Waals surface area contributed by atoms with Crippen molar-refractivity contribution >= 4 is 64.0 Å². The summed E-state index contributed by atoms with van der Waals surface area (Å²) >= 11 is 0. The Kier molecular flexibility index (Phi) is 10.5. The van der Waals surface area contributed by atoms with Gasteiger partial charge in [-0.15, -0.1) is 0 Å². The molecule has 3 aromatic rings. The van der Waals surface area contributed by atoms with Gasteiger partial charge in [-0.3, -0.25) is 0 Å². The van der Waals surface area contributed by atoms with Crippen LogP contribution in [0.25, 0.3) is 0 Å². The molecule has 0 fully saturated rings. The summed E-state index contributed by atoms with van der Waals surface area (Å²) in [5.74, 6) is 0. The van der Waals surface area contributed by atoms with E-state index < -0.39 is 24.2 Å². The van der Waals surface area contributed by atoms with Crippen LogP contribution < -0.4 is 14.8 Å². The molecule has 3 heterocycles. The smallest absolute Gasteiger partial charge is 0.0874 e. The van der Waals surface area contributed by atoms with Crippen LogP contribution in [0.3, 0.4) is 0 Å². The Labute approximate surface area is 272 Å². The molecule has 3 aromatic heterocycles.